The van der Waals surface area contributed by atoms with Crippen molar-refractivity contribution < 1.29 is 4.79 Å². The number of H-pyrrole nitrogens is 1. The molecule has 0 saturated heterocycles. The molecule has 1 aliphatic rings. The Bertz CT molecular complexity index is 1020. The summed E-state index contributed by atoms with van der Waals surface area (Å²) >= 11 is 0. The van der Waals surface area contributed by atoms with Crippen LogP contribution >= 0.6 is 0 Å². The maximum absolute atomic E-state index is 12.8. The Hall–Kier alpha value is -3.15. The lowest BCUT2D eigenvalue weighted by atomic mass is 10.1. The van der Waals surface area contributed by atoms with Crippen LogP contribution in [0.2, 0.25) is 0 Å². The number of amides is 1. The minimum Gasteiger partial charge on any atom is -0.334 e. The summed E-state index contributed by atoms with van der Waals surface area (Å²) in [7, 11) is 1.70. The van der Waals surface area contributed by atoms with Crippen molar-refractivity contribution in [1.29, 1.82) is 0 Å². The predicted octanol–water partition coefficient (Wildman–Crippen LogP) is 2.38. The zero-order valence-corrected chi connectivity index (χ0v) is 15.3. The van der Waals surface area contributed by atoms with Crippen LogP contribution in [0.4, 0.5) is 0 Å². The third kappa shape index (κ3) is 3.56. The molecule has 0 fully saturated rings. The Balaban J connectivity index is 1.52. The smallest absolute Gasteiger partial charge is 0.261 e. The number of carbonyl (C=O) groups is 1. The normalized spacial score (nSPS) is 12.8. The molecule has 0 unspecified atom stereocenters. The van der Waals surface area contributed by atoms with Crippen LogP contribution in [0.15, 0.2) is 53.6 Å². The van der Waals surface area contributed by atoms with E-state index in [1.807, 2.05) is 29.0 Å². The van der Waals surface area contributed by atoms with Gasteiger partial charge in [0.2, 0.25) is 0 Å². The molecular weight excluding hydrogens is 340 g/mol. The molecule has 0 aliphatic heterocycles. The van der Waals surface area contributed by atoms with Gasteiger partial charge in [-0.15, -0.1) is 0 Å². The molecule has 2 heterocycles. The van der Waals surface area contributed by atoms with Gasteiger partial charge in [0.25, 0.3) is 11.5 Å². The maximum atomic E-state index is 12.8. The van der Waals surface area contributed by atoms with Crippen LogP contribution in [0.1, 0.15) is 39.4 Å². The first-order valence-electron chi connectivity index (χ1n) is 9.16. The van der Waals surface area contributed by atoms with Gasteiger partial charge in [-0.3, -0.25) is 9.59 Å². The van der Waals surface area contributed by atoms with Crippen LogP contribution < -0.4 is 5.56 Å². The van der Waals surface area contributed by atoms with Gasteiger partial charge in [0, 0.05) is 31.7 Å². The highest BCUT2D eigenvalue weighted by Crippen LogP contribution is 2.19. The van der Waals surface area contributed by atoms with E-state index in [0.29, 0.717) is 13.1 Å². The number of pyridine rings is 1. The molecule has 1 aliphatic carbocycles. The number of aromatic nitrogens is 3. The lowest BCUT2D eigenvalue weighted by molar-refractivity contribution is 0.0778. The molecule has 138 valence electrons. The number of aromatic amines is 1. The van der Waals surface area contributed by atoms with Crippen LogP contribution in [0, 0.1) is 0 Å². The molecule has 3 aromatic rings. The number of carbonyl (C=O) groups excluding carboxylic acids is 1. The molecule has 0 radical (unpaired) electrons. The second-order valence-corrected chi connectivity index (χ2v) is 6.99. The van der Waals surface area contributed by atoms with Crippen molar-refractivity contribution in [3.05, 3.63) is 87.4 Å². The molecule has 1 amide bonds. The van der Waals surface area contributed by atoms with E-state index in [-0.39, 0.29) is 17.0 Å². The number of nitrogens with zero attached hydrogens (tertiary/aromatic N) is 3. The number of imidazole rings is 1. The van der Waals surface area contributed by atoms with E-state index in [1.54, 1.807) is 24.2 Å². The van der Waals surface area contributed by atoms with Crippen LogP contribution in [0.25, 0.3) is 0 Å². The Labute approximate surface area is 157 Å². The Morgan fingerprint density at radius 2 is 2.07 bits per heavy atom. The van der Waals surface area contributed by atoms with Crippen molar-refractivity contribution in [2.24, 2.45) is 0 Å². The van der Waals surface area contributed by atoms with Crippen LogP contribution in [-0.2, 0) is 25.9 Å². The Morgan fingerprint density at radius 3 is 2.89 bits per heavy atom. The minimum atomic E-state index is -0.305. The molecule has 1 aromatic carbocycles. The van der Waals surface area contributed by atoms with Gasteiger partial charge in [-0.05, 0) is 36.5 Å². The standard InChI is InChI=1S/C21H22N4O2/c1-24(21(27)17-12-16-8-5-9-18(16)23-20(17)26)14-19-22-10-11-25(19)13-15-6-3-2-4-7-15/h2-4,6-7,10-12H,5,8-9,13-14H2,1H3,(H,23,26). The van der Waals surface area contributed by atoms with Crippen LogP contribution in [0.3, 0.4) is 0 Å². The van der Waals surface area contributed by atoms with Gasteiger partial charge in [0.15, 0.2) is 0 Å². The molecule has 1 N–H and O–H groups in total. The summed E-state index contributed by atoms with van der Waals surface area (Å²) in [6.45, 7) is 1.03. The van der Waals surface area contributed by atoms with E-state index < -0.39 is 0 Å². The molecule has 6 heteroatoms. The summed E-state index contributed by atoms with van der Waals surface area (Å²) in [5.41, 5.74) is 3.12. The number of hydrogen-bond acceptors (Lipinski definition) is 3. The molecule has 0 saturated carbocycles. The molecule has 27 heavy (non-hydrogen) atoms. The van der Waals surface area contributed by atoms with Crippen molar-refractivity contribution >= 4 is 5.91 Å². The number of rotatable bonds is 5. The van der Waals surface area contributed by atoms with Crippen molar-refractivity contribution in [1.82, 2.24) is 19.4 Å². The number of benzene rings is 1. The van der Waals surface area contributed by atoms with E-state index in [9.17, 15) is 9.59 Å². The minimum absolute atomic E-state index is 0.208. The van der Waals surface area contributed by atoms with E-state index in [2.05, 4.69) is 22.1 Å². The fourth-order valence-electron chi connectivity index (χ4n) is 3.58. The summed E-state index contributed by atoms with van der Waals surface area (Å²) in [4.78, 5) is 34.0. The Kier molecular flexibility index (Phi) is 4.62. The largest absolute Gasteiger partial charge is 0.334 e. The summed E-state index contributed by atoms with van der Waals surface area (Å²) < 4.78 is 2.02. The van der Waals surface area contributed by atoms with E-state index >= 15 is 0 Å². The first kappa shape index (κ1) is 17.3. The summed E-state index contributed by atoms with van der Waals surface area (Å²) in [5.74, 6) is 0.507. The van der Waals surface area contributed by atoms with Gasteiger partial charge in [-0.1, -0.05) is 30.3 Å². The molecule has 0 bridgehead atoms. The van der Waals surface area contributed by atoms with E-state index in [4.69, 9.17) is 0 Å². The van der Waals surface area contributed by atoms with Gasteiger partial charge in [-0.25, -0.2) is 4.98 Å². The zero-order chi connectivity index (χ0) is 18.8. The number of nitrogens with one attached hydrogen (secondary N) is 1. The molecule has 2 aromatic heterocycles. The highest BCUT2D eigenvalue weighted by atomic mass is 16.2. The quantitative estimate of drug-likeness (QED) is 0.757. The number of hydrogen-bond donors (Lipinski definition) is 1. The van der Waals surface area contributed by atoms with Gasteiger partial charge in [0.1, 0.15) is 11.4 Å². The fourth-order valence-corrected chi connectivity index (χ4v) is 3.58. The van der Waals surface area contributed by atoms with Gasteiger partial charge < -0.3 is 14.5 Å². The lowest BCUT2D eigenvalue weighted by Gasteiger charge is -2.18. The van der Waals surface area contributed by atoms with E-state index in [0.717, 1.165) is 36.3 Å². The molecule has 4 rings (SSSR count). The third-order valence-corrected chi connectivity index (χ3v) is 5.04. The highest BCUT2D eigenvalue weighted by molar-refractivity contribution is 5.93. The van der Waals surface area contributed by atoms with Gasteiger partial charge in [0.05, 0.1) is 6.54 Å². The van der Waals surface area contributed by atoms with Gasteiger partial charge in [-0.2, -0.15) is 0 Å². The first-order chi connectivity index (χ1) is 13.1. The number of aryl methyl sites for hydroxylation is 2. The maximum Gasteiger partial charge on any atom is 0.261 e. The zero-order valence-electron chi connectivity index (χ0n) is 15.3. The molecule has 0 atom stereocenters. The second-order valence-electron chi connectivity index (χ2n) is 6.99. The topological polar surface area (TPSA) is 71.0 Å². The third-order valence-electron chi connectivity index (χ3n) is 5.04. The van der Waals surface area contributed by atoms with Crippen LogP contribution in [0.5, 0.6) is 0 Å². The second kappa shape index (κ2) is 7.23. The molecule has 6 nitrogen and oxygen atoms in total. The summed E-state index contributed by atoms with van der Waals surface area (Å²) in [5, 5.41) is 0. The first-order valence-corrected chi connectivity index (χ1v) is 9.16. The average Bonchev–Trinajstić information content (AvgIpc) is 3.30. The number of fused-ring (bicyclic) bond motifs is 1. The highest BCUT2D eigenvalue weighted by Gasteiger charge is 2.21. The molecule has 0 spiro atoms. The van der Waals surface area contributed by atoms with Crippen LogP contribution in [-0.4, -0.2) is 32.4 Å². The average molecular weight is 362 g/mol. The van der Waals surface area contributed by atoms with Gasteiger partial charge >= 0.3 is 0 Å². The van der Waals surface area contributed by atoms with Crippen molar-refractivity contribution in [3.8, 4) is 0 Å². The van der Waals surface area contributed by atoms with Crippen molar-refractivity contribution in [2.75, 3.05) is 7.05 Å². The SMILES string of the molecule is CN(Cc1nccn1Cc1ccccc1)C(=O)c1cc2c([nH]c1=O)CCC2. The summed E-state index contributed by atoms with van der Waals surface area (Å²) in [6, 6.07) is 11.9. The summed E-state index contributed by atoms with van der Waals surface area (Å²) in [6.07, 6.45) is 6.46. The molecular formula is C21H22N4O2. The van der Waals surface area contributed by atoms with Crippen molar-refractivity contribution in [2.45, 2.75) is 32.4 Å². The van der Waals surface area contributed by atoms with E-state index in [1.165, 1.54) is 5.56 Å². The monoisotopic (exact) mass is 362 g/mol. The lowest BCUT2D eigenvalue weighted by Crippen LogP contribution is -2.32. The fraction of sp³-hybridized carbons (Fsp3) is 0.286. The van der Waals surface area contributed by atoms with Crippen molar-refractivity contribution in [3.63, 3.8) is 0 Å². The predicted molar refractivity (Wildman–Crippen MR) is 103 cm³/mol. The Morgan fingerprint density at radius 1 is 1.26 bits per heavy atom.